The fourth-order valence-electron chi connectivity index (χ4n) is 3.13. The number of para-hydroxylation sites is 1. The van der Waals surface area contributed by atoms with Crippen LogP contribution in [0.3, 0.4) is 0 Å². The van der Waals surface area contributed by atoms with E-state index in [1.807, 2.05) is 42.5 Å². The van der Waals surface area contributed by atoms with Crippen LogP contribution in [0, 0.1) is 0 Å². The lowest BCUT2D eigenvalue weighted by Gasteiger charge is -2.26. The summed E-state index contributed by atoms with van der Waals surface area (Å²) < 4.78 is 6.43. The first-order chi connectivity index (χ1) is 12.8. The van der Waals surface area contributed by atoms with Crippen molar-refractivity contribution in [1.29, 1.82) is 0 Å². The van der Waals surface area contributed by atoms with Gasteiger partial charge in [0.15, 0.2) is 5.82 Å². The van der Waals surface area contributed by atoms with Gasteiger partial charge in [0.05, 0.1) is 18.7 Å². The number of hydrogen-bond donors (Lipinski definition) is 1. The summed E-state index contributed by atoms with van der Waals surface area (Å²) >= 11 is 3.53. The number of fused-ring (bicyclic) bond motifs is 1. The quantitative estimate of drug-likeness (QED) is 0.690. The van der Waals surface area contributed by atoms with Crippen LogP contribution in [-0.4, -0.2) is 54.3 Å². The molecule has 1 aliphatic heterocycles. The Hall–Kier alpha value is -2.02. The van der Waals surface area contributed by atoms with Gasteiger partial charge in [-0.3, -0.25) is 4.90 Å². The van der Waals surface area contributed by atoms with Crippen molar-refractivity contribution in [3.8, 4) is 11.4 Å². The first-order valence-corrected chi connectivity index (χ1v) is 9.65. The second-order valence-corrected chi connectivity index (χ2v) is 7.22. The van der Waals surface area contributed by atoms with Crippen molar-refractivity contribution < 1.29 is 4.74 Å². The molecule has 0 radical (unpaired) electrons. The number of rotatable bonds is 5. The SMILES string of the molecule is Brc1cccc(-c2nc(NCCN3CCOCC3)c3ccccc3n2)c1. The lowest BCUT2D eigenvalue weighted by atomic mass is 10.2. The minimum Gasteiger partial charge on any atom is -0.379 e. The van der Waals surface area contributed by atoms with Crippen LogP contribution in [0.25, 0.3) is 22.3 Å². The zero-order valence-electron chi connectivity index (χ0n) is 14.5. The standard InChI is InChI=1S/C20H21BrN4O/c21-16-5-3-4-15(14-16)19-23-18-7-2-1-6-17(18)20(24-19)22-8-9-25-10-12-26-13-11-25/h1-7,14H,8-13H2,(H,22,23,24). The highest BCUT2D eigenvalue weighted by atomic mass is 79.9. The first kappa shape index (κ1) is 17.4. The van der Waals surface area contributed by atoms with Crippen molar-refractivity contribution in [2.45, 2.75) is 0 Å². The number of benzene rings is 2. The molecule has 4 rings (SSSR count). The van der Waals surface area contributed by atoms with Gasteiger partial charge in [-0.2, -0.15) is 0 Å². The van der Waals surface area contributed by atoms with E-state index in [-0.39, 0.29) is 0 Å². The fourth-order valence-corrected chi connectivity index (χ4v) is 3.52. The summed E-state index contributed by atoms with van der Waals surface area (Å²) in [6.45, 7) is 5.46. The number of hydrogen-bond acceptors (Lipinski definition) is 5. The third-order valence-electron chi connectivity index (χ3n) is 4.51. The molecule has 26 heavy (non-hydrogen) atoms. The molecule has 0 unspecified atom stereocenters. The lowest BCUT2D eigenvalue weighted by Crippen LogP contribution is -2.39. The molecule has 1 N–H and O–H groups in total. The predicted molar refractivity (Wildman–Crippen MR) is 108 cm³/mol. The second-order valence-electron chi connectivity index (χ2n) is 6.30. The maximum atomic E-state index is 5.41. The maximum Gasteiger partial charge on any atom is 0.162 e. The van der Waals surface area contributed by atoms with E-state index in [0.717, 1.165) is 72.0 Å². The Labute approximate surface area is 161 Å². The monoisotopic (exact) mass is 412 g/mol. The van der Waals surface area contributed by atoms with Crippen LogP contribution >= 0.6 is 15.9 Å². The third kappa shape index (κ3) is 4.03. The summed E-state index contributed by atoms with van der Waals surface area (Å²) in [4.78, 5) is 12.0. The van der Waals surface area contributed by atoms with Crippen LogP contribution < -0.4 is 5.32 Å². The molecule has 5 nitrogen and oxygen atoms in total. The molecule has 1 saturated heterocycles. The van der Waals surface area contributed by atoms with Crippen molar-refractivity contribution in [2.75, 3.05) is 44.7 Å². The van der Waals surface area contributed by atoms with Crippen LogP contribution in [-0.2, 0) is 4.74 Å². The van der Waals surface area contributed by atoms with Gasteiger partial charge < -0.3 is 10.1 Å². The minimum atomic E-state index is 0.735. The van der Waals surface area contributed by atoms with E-state index < -0.39 is 0 Å². The number of nitrogens with zero attached hydrogens (tertiary/aromatic N) is 3. The summed E-state index contributed by atoms with van der Waals surface area (Å²) in [5.41, 5.74) is 1.95. The molecule has 3 aromatic rings. The van der Waals surface area contributed by atoms with Crippen LogP contribution in [0.4, 0.5) is 5.82 Å². The summed E-state index contributed by atoms with van der Waals surface area (Å²) in [6.07, 6.45) is 0. The molecule has 1 aliphatic rings. The van der Waals surface area contributed by atoms with E-state index in [4.69, 9.17) is 14.7 Å². The maximum absolute atomic E-state index is 5.41. The van der Waals surface area contributed by atoms with E-state index in [9.17, 15) is 0 Å². The Bertz CT molecular complexity index is 896. The van der Waals surface area contributed by atoms with E-state index in [2.05, 4.69) is 32.2 Å². The number of ether oxygens (including phenoxy) is 1. The summed E-state index contributed by atoms with van der Waals surface area (Å²) in [7, 11) is 0. The Kier molecular flexibility index (Phi) is 5.43. The normalized spacial score (nSPS) is 15.3. The smallest absolute Gasteiger partial charge is 0.162 e. The minimum absolute atomic E-state index is 0.735. The van der Waals surface area contributed by atoms with Crippen molar-refractivity contribution in [1.82, 2.24) is 14.9 Å². The van der Waals surface area contributed by atoms with Crippen LogP contribution in [0.5, 0.6) is 0 Å². The molecule has 2 aromatic carbocycles. The number of halogens is 1. The first-order valence-electron chi connectivity index (χ1n) is 8.86. The van der Waals surface area contributed by atoms with Gasteiger partial charge in [0.25, 0.3) is 0 Å². The highest BCUT2D eigenvalue weighted by Crippen LogP contribution is 2.26. The van der Waals surface area contributed by atoms with Gasteiger partial charge in [-0.25, -0.2) is 9.97 Å². The molecule has 0 amide bonds. The van der Waals surface area contributed by atoms with Gasteiger partial charge in [-0.1, -0.05) is 40.2 Å². The largest absolute Gasteiger partial charge is 0.379 e. The highest BCUT2D eigenvalue weighted by molar-refractivity contribution is 9.10. The molecule has 0 atom stereocenters. The molecule has 0 saturated carbocycles. The number of aromatic nitrogens is 2. The van der Waals surface area contributed by atoms with E-state index in [0.29, 0.717) is 0 Å². The molecule has 1 fully saturated rings. The van der Waals surface area contributed by atoms with Crippen LogP contribution in [0.2, 0.25) is 0 Å². The van der Waals surface area contributed by atoms with Crippen LogP contribution in [0.15, 0.2) is 53.0 Å². The van der Waals surface area contributed by atoms with Gasteiger partial charge in [0.1, 0.15) is 5.82 Å². The van der Waals surface area contributed by atoms with Crippen molar-refractivity contribution in [2.24, 2.45) is 0 Å². The molecule has 0 aliphatic carbocycles. The Balaban J connectivity index is 1.59. The second kappa shape index (κ2) is 8.12. The molecule has 134 valence electrons. The summed E-state index contributed by atoms with van der Waals surface area (Å²) in [6, 6.07) is 16.2. The van der Waals surface area contributed by atoms with Gasteiger partial charge in [0, 0.05) is 41.6 Å². The van der Waals surface area contributed by atoms with Gasteiger partial charge in [0.2, 0.25) is 0 Å². The summed E-state index contributed by atoms with van der Waals surface area (Å²) in [5.74, 6) is 1.62. The summed E-state index contributed by atoms with van der Waals surface area (Å²) in [5, 5.41) is 4.56. The topological polar surface area (TPSA) is 50.3 Å². The Morgan fingerprint density at radius 3 is 2.73 bits per heavy atom. The Morgan fingerprint density at radius 1 is 1.04 bits per heavy atom. The molecular weight excluding hydrogens is 392 g/mol. The van der Waals surface area contributed by atoms with Crippen molar-refractivity contribution in [3.05, 3.63) is 53.0 Å². The number of morpholine rings is 1. The zero-order valence-corrected chi connectivity index (χ0v) is 16.1. The van der Waals surface area contributed by atoms with E-state index in [1.54, 1.807) is 0 Å². The van der Waals surface area contributed by atoms with Gasteiger partial charge in [-0.15, -0.1) is 0 Å². The predicted octanol–water partition coefficient (Wildman–Crippen LogP) is 3.80. The molecule has 6 heteroatoms. The molecular formula is C20H21BrN4O. The lowest BCUT2D eigenvalue weighted by molar-refractivity contribution is 0.0398. The average molecular weight is 413 g/mol. The highest BCUT2D eigenvalue weighted by Gasteiger charge is 2.12. The van der Waals surface area contributed by atoms with Crippen LogP contribution in [0.1, 0.15) is 0 Å². The van der Waals surface area contributed by atoms with E-state index in [1.165, 1.54) is 0 Å². The molecule has 2 heterocycles. The average Bonchev–Trinajstić information content (AvgIpc) is 2.68. The van der Waals surface area contributed by atoms with Gasteiger partial charge in [-0.05, 0) is 24.3 Å². The third-order valence-corrected chi connectivity index (χ3v) is 5.00. The molecule has 1 aromatic heterocycles. The number of nitrogens with one attached hydrogen (secondary N) is 1. The fraction of sp³-hybridized carbons (Fsp3) is 0.300. The number of anilines is 1. The van der Waals surface area contributed by atoms with Gasteiger partial charge >= 0.3 is 0 Å². The molecule has 0 bridgehead atoms. The van der Waals surface area contributed by atoms with Crippen molar-refractivity contribution >= 4 is 32.7 Å². The Morgan fingerprint density at radius 2 is 1.88 bits per heavy atom. The van der Waals surface area contributed by atoms with E-state index >= 15 is 0 Å². The zero-order chi connectivity index (χ0) is 17.8. The van der Waals surface area contributed by atoms with Crippen molar-refractivity contribution in [3.63, 3.8) is 0 Å². The molecule has 0 spiro atoms.